The lowest BCUT2D eigenvalue weighted by atomic mass is 9.41. The van der Waals surface area contributed by atoms with Gasteiger partial charge < -0.3 is 20.4 Å². The summed E-state index contributed by atoms with van der Waals surface area (Å²) in [7, 11) is 0. The number of hydrogen-bond donors (Lipinski definition) is 4. The Morgan fingerprint density at radius 2 is 1.74 bits per heavy atom. The van der Waals surface area contributed by atoms with Gasteiger partial charge in [0.05, 0.1) is 18.3 Å². The van der Waals surface area contributed by atoms with E-state index >= 15 is 0 Å². The SMILES string of the molecule is CC[C@H]1[C@@H](O)[C@@H]2[C@H](C[C@H](O)[C@]3(C)[C@@H]([C@H](C)CCC(=O)O)CC[C@@H]23)[C@@]2(C)CC[C@@H](O)C[C@@H]12. The lowest BCUT2D eigenvalue weighted by molar-refractivity contribution is -0.228. The second kappa shape index (κ2) is 8.29. The van der Waals surface area contributed by atoms with Gasteiger partial charge in [-0.05, 0) is 97.2 Å². The average molecular weight is 437 g/mol. The first-order chi connectivity index (χ1) is 14.6. The Labute approximate surface area is 187 Å². The van der Waals surface area contributed by atoms with Crippen molar-refractivity contribution in [3.05, 3.63) is 0 Å². The van der Waals surface area contributed by atoms with Gasteiger partial charge in [-0.1, -0.05) is 34.1 Å². The van der Waals surface area contributed by atoms with E-state index in [0.29, 0.717) is 24.2 Å². The number of aliphatic hydroxyl groups is 3. The molecule has 0 bridgehead atoms. The number of carbonyl (C=O) groups is 1. The average Bonchev–Trinajstić information content (AvgIpc) is 3.07. The molecule has 31 heavy (non-hydrogen) atoms. The minimum absolute atomic E-state index is 0.0686. The first kappa shape index (κ1) is 23.5. The topological polar surface area (TPSA) is 98.0 Å². The summed E-state index contributed by atoms with van der Waals surface area (Å²) in [5.74, 6) is 1.13. The van der Waals surface area contributed by atoms with Crippen LogP contribution in [-0.4, -0.2) is 44.7 Å². The fourth-order valence-corrected chi connectivity index (χ4v) is 9.44. The van der Waals surface area contributed by atoms with Gasteiger partial charge in [-0.2, -0.15) is 0 Å². The van der Waals surface area contributed by atoms with E-state index in [1.54, 1.807) is 0 Å². The molecular formula is C26H44O5. The van der Waals surface area contributed by atoms with Crippen LogP contribution in [0.15, 0.2) is 0 Å². The summed E-state index contributed by atoms with van der Waals surface area (Å²) in [6.07, 6.45) is 6.09. The van der Waals surface area contributed by atoms with Gasteiger partial charge in [0.25, 0.3) is 0 Å². The quantitative estimate of drug-likeness (QED) is 0.520. The molecule has 0 radical (unpaired) electrons. The highest BCUT2D eigenvalue weighted by molar-refractivity contribution is 5.66. The fourth-order valence-electron chi connectivity index (χ4n) is 9.44. The fraction of sp³-hybridized carbons (Fsp3) is 0.962. The van der Waals surface area contributed by atoms with Crippen LogP contribution < -0.4 is 0 Å². The Hall–Kier alpha value is -0.650. The number of carboxylic acids is 1. The highest BCUT2D eigenvalue weighted by Crippen LogP contribution is 2.69. The van der Waals surface area contributed by atoms with E-state index in [1.807, 2.05) is 0 Å². The minimum atomic E-state index is -0.747. The van der Waals surface area contributed by atoms with E-state index in [-0.39, 0.29) is 53.1 Å². The van der Waals surface area contributed by atoms with Gasteiger partial charge in [-0.3, -0.25) is 4.79 Å². The lowest BCUT2D eigenvalue weighted by Crippen LogP contribution is -2.65. The molecular weight excluding hydrogens is 392 g/mol. The molecule has 0 aromatic carbocycles. The maximum Gasteiger partial charge on any atom is 0.303 e. The second-order valence-corrected chi connectivity index (χ2v) is 12.1. The lowest BCUT2D eigenvalue weighted by Gasteiger charge is -2.65. The van der Waals surface area contributed by atoms with Crippen LogP contribution in [0, 0.1) is 52.3 Å². The monoisotopic (exact) mass is 436 g/mol. The third kappa shape index (κ3) is 3.49. The summed E-state index contributed by atoms with van der Waals surface area (Å²) in [6.45, 7) is 8.96. The third-order valence-electron chi connectivity index (χ3n) is 11.1. The van der Waals surface area contributed by atoms with Crippen molar-refractivity contribution in [1.82, 2.24) is 0 Å². The molecule has 5 heteroatoms. The van der Waals surface area contributed by atoms with Gasteiger partial charge in [0, 0.05) is 6.42 Å². The zero-order valence-corrected chi connectivity index (χ0v) is 19.8. The van der Waals surface area contributed by atoms with Crippen LogP contribution >= 0.6 is 0 Å². The minimum Gasteiger partial charge on any atom is -0.481 e. The number of rotatable bonds is 5. The molecule has 0 spiro atoms. The molecule has 178 valence electrons. The summed E-state index contributed by atoms with van der Waals surface area (Å²) < 4.78 is 0. The summed E-state index contributed by atoms with van der Waals surface area (Å²) >= 11 is 0. The molecule has 0 aromatic rings. The van der Waals surface area contributed by atoms with Crippen molar-refractivity contribution < 1.29 is 25.2 Å². The molecule has 0 aliphatic heterocycles. The predicted octanol–water partition coefficient (Wildman–Crippen LogP) is 4.08. The third-order valence-corrected chi connectivity index (χ3v) is 11.1. The largest absolute Gasteiger partial charge is 0.481 e. The Morgan fingerprint density at radius 1 is 1.03 bits per heavy atom. The van der Waals surface area contributed by atoms with Crippen molar-refractivity contribution in [2.45, 2.75) is 104 Å². The van der Waals surface area contributed by atoms with E-state index in [1.165, 1.54) is 0 Å². The summed E-state index contributed by atoms with van der Waals surface area (Å²) in [4.78, 5) is 11.1. The number of aliphatic hydroxyl groups excluding tert-OH is 3. The van der Waals surface area contributed by atoms with Crippen LogP contribution in [-0.2, 0) is 4.79 Å². The van der Waals surface area contributed by atoms with Crippen molar-refractivity contribution in [2.75, 3.05) is 0 Å². The zero-order chi connectivity index (χ0) is 22.7. The van der Waals surface area contributed by atoms with Crippen LogP contribution in [0.2, 0.25) is 0 Å². The molecule has 4 saturated carbocycles. The highest BCUT2D eigenvalue weighted by Gasteiger charge is 2.67. The molecule has 0 amide bonds. The van der Waals surface area contributed by atoms with Gasteiger partial charge in [0.2, 0.25) is 0 Å². The molecule has 0 unspecified atom stereocenters. The smallest absolute Gasteiger partial charge is 0.303 e. The molecule has 4 aliphatic carbocycles. The first-order valence-corrected chi connectivity index (χ1v) is 12.8. The normalized spacial score (nSPS) is 52.7. The van der Waals surface area contributed by atoms with Gasteiger partial charge in [-0.15, -0.1) is 0 Å². The van der Waals surface area contributed by atoms with Crippen molar-refractivity contribution in [1.29, 1.82) is 0 Å². The van der Waals surface area contributed by atoms with Crippen molar-refractivity contribution >= 4 is 5.97 Å². The molecule has 4 N–H and O–H groups in total. The molecule has 0 saturated heterocycles. The standard InChI is InChI=1S/C26H44O5/c1-5-16-19-12-15(27)10-11-25(19,3)20-13-21(28)26(4)17(14(2)6-9-22(29)30)7-8-18(26)23(20)24(16)31/h14-21,23-24,27-28,31H,5-13H2,1-4H3,(H,29,30)/t14-,15-,16-,17-,18+,19+,20+,21+,23+,24-,25+,26-/m1/s1. The molecule has 4 fully saturated rings. The predicted molar refractivity (Wildman–Crippen MR) is 119 cm³/mol. The summed E-state index contributed by atoms with van der Waals surface area (Å²) in [6, 6.07) is 0. The first-order valence-electron chi connectivity index (χ1n) is 12.8. The van der Waals surface area contributed by atoms with Crippen molar-refractivity contribution in [3.8, 4) is 0 Å². The van der Waals surface area contributed by atoms with Crippen molar-refractivity contribution in [3.63, 3.8) is 0 Å². The highest BCUT2D eigenvalue weighted by atomic mass is 16.4. The second-order valence-electron chi connectivity index (χ2n) is 12.1. The Balaban J connectivity index is 1.66. The number of carboxylic acid groups (broad SMARTS) is 1. The van der Waals surface area contributed by atoms with E-state index in [9.17, 15) is 20.1 Å². The maximum atomic E-state index is 11.7. The van der Waals surface area contributed by atoms with Crippen LogP contribution in [0.5, 0.6) is 0 Å². The van der Waals surface area contributed by atoms with Gasteiger partial charge in [0.15, 0.2) is 0 Å². The van der Waals surface area contributed by atoms with Crippen LogP contribution in [0.25, 0.3) is 0 Å². The van der Waals surface area contributed by atoms with Crippen molar-refractivity contribution in [2.24, 2.45) is 52.3 Å². The Bertz CT molecular complexity index is 681. The number of fused-ring (bicyclic) bond motifs is 5. The van der Waals surface area contributed by atoms with Crippen LogP contribution in [0.4, 0.5) is 0 Å². The van der Waals surface area contributed by atoms with E-state index in [0.717, 1.165) is 44.9 Å². The van der Waals surface area contributed by atoms with E-state index in [4.69, 9.17) is 5.11 Å². The van der Waals surface area contributed by atoms with Gasteiger partial charge in [-0.25, -0.2) is 0 Å². The molecule has 0 aromatic heterocycles. The van der Waals surface area contributed by atoms with E-state index in [2.05, 4.69) is 27.7 Å². The molecule has 12 atom stereocenters. The van der Waals surface area contributed by atoms with Crippen LogP contribution in [0.1, 0.15) is 85.5 Å². The maximum absolute atomic E-state index is 11.7. The summed E-state index contributed by atoms with van der Waals surface area (Å²) in [5.41, 5.74) is -0.186. The molecule has 0 heterocycles. The molecule has 4 rings (SSSR count). The zero-order valence-electron chi connectivity index (χ0n) is 19.8. The Kier molecular flexibility index (Phi) is 6.28. The molecule has 5 nitrogen and oxygen atoms in total. The molecule has 4 aliphatic rings. The number of hydrogen-bond acceptors (Lipinski definition) is 4. The summed E-state index contributed by atoms with van der Waals surface area (Å²) in [5, 5.41) is 42.9. The van der Waals surface area contributed by atoms with Gasteiger partial charge in [0.1, 0.15) is 0 Å². The Morgan fingerprint density at radius 3 is 2.39 bits per heavy atom. The van der Waals surface area contributed by atoms with Crippen LogP contribution in [0.3, 0.4) is 0 Å². The van der Waals surface area contributed by atoms with Gasteiger partial charge >= 0.3 is 5.97 Å². The number of aliphatic carboxylic acids is 1. The van der Waals surface area contributed by atoms with E-state index < -0.39 is 12.1 Å².